The first-order chi connectivity index (χ1) is 7.24. The molecular formula is C13H20N2. The van der Waals surface area contributed by atoms with Crippen LogP contribution in [0.3, 0.4) is 0 Å². The summed E-state index contributed by atoms with van der Waals surface area (Å²) in [7, 11) is 0. The maximum Gasteiger partial charge on any atom is 0.0397 e. The van der Waals surface area contributed by atoms with E-state index in [-0.39, 0.29) is 6.04 Å². The van der Waals surface area contributed by atoms with E-state index in [0.717, 1.165) is 30.5 Å². The van der Waals surface area contributed by atoms with Crippen LogP contribution >= 0.6 is 0 Å². The van der Waals surface area contributed by atoms with Crippen LogP contribution in [0.1, 0.15) is 48.9 Å². The van der Waals surface area contributed by atoms with Crippen molar-refractivity contribution in [1.29, 1.82) is 0 Å². The van der Waals surface area contributed by atoms with Gasteiger partial charge in [-0.2, -0.15) is 0 Å². The molecule has 1 aliphatic carbocycles. The van der Waals surface area contributed by atoms with Gasteiger partial charge in [0.1, 0.15) is 0 Å². The van der Waals surface area contributed by atoms with Crippen LogP contribution in [-0.2, 0) is 12.8 Å². The highest BCUT2D eigenvalue weighted by Gasteiger charge is 2.18. The molecule has 15 heavy (non-hydrogen) atoms. The Balaban J connectivity index is 2.33. The van der Waals surface area contributed by atoms with Crippen molar-refractivity contribution in [3.63, 3.8) is 0 Å². The number of fused-ring (bicyclic) bond motifs is 1. The monoisotopic (exact) mass is 204 g/mol. The van der Waals surface area contributed by atoms with Gasteiger partial charge in [-0.25, -0.2) is 0 Å². The number of hydrogen-bond donors (Lipinski definition) is 2. The van der Waals surface area contributed by atoms with E-state index in [1.54, 1.807) is 0 Å². The zero-order valence-electron chi connectivity index (χ0n) is 9.42. The fourth-order valence-electron chi connectivity index (χ4n) is 2.50. The van der Waals surface area contributed by atoms with Gasteiger partial charge in [0.2, 0.25) is 0 Å². The van der Waals surface area contributed by atoms with Gasteiger partial charge in [-0.1, -0.05) is 25.5 Å². The van der Waals surface area contributed by atoms with Crippen LogP contribution in [0, 0.1) is 0 Å². The molecular weight excluding hydrogens is 184 g/mol. The molecule has 1 aromatic rings. The molecule has 82 valence electrons. The molecule has 0 heterocycles. The van der Waals surface area contributed by atoms with Gasteiger partial charge in [0, 0.05) is 11.7 Å². The van der Waals surface area contributed by atoms with Gasteiger partial charge in [-0.15, -0.1) is 0 Å². The lowest BCUT2D eigenvalue weighted by Crippen LogP contribution is -2.13. The van der Waals surface area contributed by atoms with Crippen molar-refractivity contribution >= 4 is 5.69 Å². The van der Waals surface area contributed by atoms with Crippen LogP contribution in [-0.4, -0.2) is 0 Å². The minimum atomic E-state index is 0.112. The summed E-state index contributed by atoms with van der Waals surface area (Å²) in [6.45, 7) is 2.16. The van der Waals surface area contributed by atoms with Gasteiger partial charge in [0.05, 0.1) is 0 Å². The molecule has 0 bridgehead atoms. The molecule has 0 fully saturated rings. The summed E-state index contributed by atoms with van der Waals surface area (Å²) in [4.78, 5) is 0. The molecule has 1 aliphatic rings. The quantitative estimate of drug-likeness (QED) is 0.743. The lowest BCUT2D eigenvalue weighted by molar-refractivity contribution is 0.639. The number of nitrogen functional groups attached to an aromatic ring is 1. The molecule has 0 spiro atoms. The lowest BCUT2D eigenvalue weighted by atomic mass is 9.96. The molecule has 0 unspecified atom stereocenters. The zero-order chi connectivity index (χ0) is 10.8. The number of hydrogen-bond acceptors (Lipinski definition) is 2. The van der Waals surface area contributed by atoms with E-state index in [1.807, 2.05) is 0 Å². The van der Waals surface area contributed by atoms with Crippen LogP contribution in [0.5, 0.6) is 0 Å². The maximum absolute atomic E-state index is 6.19. The lowest BCUT2D eigenvalue weighted by Gasteiger charge is -2.16. The van der Waals surface area contributed by atoms with Crippen LogP contribution in [0.15, 0.2) is 12.1 Å². The SMILES string of the molecule is CCC[C@@H](N)c1ccc2c(c1N)CCC2. The highest BCUT2D eigenvalue weighted by molar-refractivity contribution is 5.59. The molecule has 0 aromatic heterocycles. The van der Waals surface area contributed by atoms with Gasteiger partial charge in [-0.3, -0.25) is 0 Å². The average molecular weight is 204 g/mol. The molecule has 0 amide bonds. The van der Waals surface area contributed by atoms with Crippen LogP contribution in [0.2, 0.25) is 0 Å². The first-order valence-electron chi connectivity index (χ1n) is 5.89. The highest BCUT2D eigenvalue weighted by Crippen LogP contribution is 2.33. The largest absolute Gasteiger partial charge is 0.398 e. The predicted octanol–water partition coefficient (Wildman–Crippen LogP) is 2.56. The van der Waals surface area contributed by atoms with Crippen LogP contribution < -0.4 is 11.5 Å². The van der Waals surface area contributed by atoms with Gasteiger partial charge < -0.3 is 11.5 Å². The summed E-state index contributed by atoms with van der Waals surface area (Å²) >= 11 is 0. The highest BCUT2D eigenvalue weighted by atomic mass is 14.7. The van der Waals surface area contributed by atoms with Crippen molar-refractivity contribution in [2.45, 2.75) is 45.1 Å². The van der Waals surface area contributed by atoms with E-state index in [2.05, 4.69) is 19.1 Å². The van der Waals surface area contributed by atoms with Crippen molar-refractivity contribution in [2.24, 2.45) is 5.73 Å². The van der Waals surface area contributed by atoms with Crippen molar-refractivity contribution in [1.82, 2.24) is 0 Å². The topological polar surface area (TPSA) is 52.0 Å². The third-order valence-corrected chi connectivity index (χ3v) is 3.36. The van der Waals surface area contributed by atoms with Gasteiger partial charge >= 0.3 is 0 Å². The molecule has 2 nitrogen and oxygen atoms in total. The molecule has 0 radical (unpaired) electrons. The standard InChI is InChI=1S/C13H20N2/c1-2-4-12(14)11-8-7-9-5-3-6-10(9)13(11)15/h7-8,12H,2-6,14-15H2,1H3/t12-/m1/s1. The van der Waals surface area contributed by atoms with Crippen molar-refractivity contribution < 1.29 is 0 Å². The maximum atomic E-state index is 6.19. The number of anilines is 1. The fourth-order valence-corrected chi connectivity index (χ4v) is 2.50. The normalized spacial score (nSPS) is 16.4. The zero-order valence-corrected chi connectivity index (χ0v) is 9.42. The summed E-state index contributed by atoms with van der Waals surface area (Å²) in [6, 6.07) is 4.45. The van der Waals surface area contributed by atoms with Gasteiger partial charge in [-0.05, 0) is 42.4 Å². The molecule has 0 aliphatic heterocycles. The van der Waals surface area contributed by atoms with Crippen molar-refractivity contribution in [2.75, 3.05) is 5.73 Å². The van der Waals surface area contributed by atoms with Crippen LogP contribution in [0.25, 0.3) is 0 Å². The summed E-state index contributed by atoms with van der Waals surface area (Å²) in [5.41, 5.74) is 17.2. The van der Waals surface area contributed by atoms with Crippen LogP contribution in [0.4, 0.5) is 5.69 Å². The van der Waals surface area contributed by atoms with E-state index < -0.39 is 0 Å². The van der Waals surface area contributed by atoms with E-state index in [9.17, 15) is 0 Å². The van der Waals surface area contributed by atoms with Crippen molar-refractivity contribution in [3.8, 4) is 0 Å². The molecule has 0 saturated carbocycles. The third kappa shape index (κ3) is 1.86. The minimum absolute atomic E-state index is 0.112. The number of aryl methyl sites for hydroxylation is 1. The Morgan fingerprint density at radius 3 is 2.87 bits per heavy atom. The predicted molar refractivity (Wildman–Crippen MR) is 64.7 cm³/mol. The van der Waals surface area contributed by atoms with E-state index in [0.29, 0.717) is 0 Å². The first kappa shape index (κ1) is 10.5. The smallest absolute Gasteiger partial charge is 0.0397 e. The fraction of sp³-hybridized carbons (Fsp3) is 0.538. The van der Waals surface area contributed by atoms with E-state index in [4.69, 9.17) is 11.5 Å². The number of nitrogens with two attached hydrogens (primary N) is 2. The molecule has 2 heteroatoms. The summed E-state index contributed by atoms with van der Waals surface area (Å²) in [5, 5.41) is 0. The Kier molecular flexibility index (Phi) is 2.96. The second-order valence-corrected chi connectivity index (χ2v) is 4.45. The second kappa shape index (κ2) is 4.23. The molecule has 1 atom stereocenters. The van der Waals surface area contributed by atoms with E-state index in [1.165, 1.54) is 24.0 Å². The Morgan fingerprint density at radius 2 is 2.13 bits per heavy atom. The number of benzene rings is 1. The molecule has 1 aromatic carbocycles. The molecule has 4 N–H and O–H groups in total. The molecule has 0 saturated heterocycles. The molecule has 2 rings (SSSR count). The third-order valence-electron chi connectivity index (χ3n) is 3.36. The number of rotatable bonds is 3. The second-order valence-electron chi connectivity index (χ2n) is 4.45. The average Bonchev–Trinajstić information content (AvgIpc) is 2.67. The summed E-state index contributed by atoms with van der Waals surface area (Å²) in [5.74, 6) is 0. The van der Waals surface area contributed by atoms with Gasteiger partial charge in [0.15, 0.2) is 0 Å². The van der Waals surface area contributed by atoms with Crippen molar-refractivity contribution in [3.05, 3.63) is 28.8 Å². The minimum Gasteiger partial charge on any atom is -0.398 e. The summed E-state index contributed by atoms with van der Waals surface area (Å²) < 4.78 is 0. The summed E-state index contributed by atoms with van der Waals surface area (Å²) in [6.07, 6.45) is 5.68. The van der Waals surface area contributed by atoms with Gasteiger partial charge in [0.25, 0.3) is 0 Å². The van der Waals surface area contributed by atoms with E-state index >= 15 is 0 Å². The first-order valence-corrected chi connectivity index (χ1v) is 5.89. The Hall–Kier alpha value is -1.02. The Labute approximate surface area is 91.7 Å². The Bertz CT molecular complexity index is 358. The Morgan fingerprint density at radius 1 is 1.33 bits per heavy atom.